The summed E-state index contributed by atoms with van der Waals surface area (Å²) in [5, 5.41) is 19.7. The van der Waals surface area contributed by atoms with E-state index in [1.807, 2.05) is 0 Å². The molecule has 0 radical (unpaired) electrons. The number of rotatable bonds is 4. The molecule has 0 bridgehead atoms. The summed E-state index contributed by atoms with van der Waals surface area (Å²) in [5.74, 6) is -0.154. The highest BCUT2D eigenvalue weighted by molar-refractivity contribution is 6.11. The van der Waals surface area contributed by atoms with Crippen LogP contribution in [-0.2, 0) is 0 Å². The summed E-state index contributed by atoms with van der Waals surface area (Å²) in [7, 11) is 2.86. The fourth-order valence-electron chi connectivity index (χ4n) is 2.06. The van der Waals surface area contributed by atoms with E-state index in [1.165, 1.54) is 32.4 Å². The Morgan fingerprint density at radius 2 is 1.71 bits per heavy atom. The lowest BCUT2D eigenvalue weighted by Gasteiger charge is -2.11. The molecule has 0 aliphatic rings. The normalized spacial score (nSPS) is 10.2. The standard InChI is InChI=1S/C16H16O5/c1-9-4-13(16(19)14(5-9)21-3)15(18)10-6-11(17)8-12(7-10)20-2/h4-8,17,19H,1-3H3. The van der Waals surface area contributed by atoms with Crippen molar-refractivity contribution in [1.29, 1.82) is 0 Å². The van der Waals surface area contributed by atoms with Gasteiger partial charge < -0.3 is 19.7 Å². The van der Waals surface area contributed by atoms with Gasteiger partial charge in [-0.15, -0.1) is 0 Å². The highest BCUT2D eigenvalue weighted by atomic mass is 16.5. The molecule has 0 aromatic heterocycles. The molecule has 0 saturated heterocycles. The molecule has 5 nitrogen and oxygen atoms in total. The van der Waals surface area contributed by atoms with Crippen molar-refractivity contribution >= 4 is 5.78 Å². The maximum atomic E-state index is 12.5. The summed E-state index contributed by atoms with van der Waals surface area (Å²) in [5.41, 5.74) is 1.11. The van der Waals surface area contributed by atoms with Crippen molar-refractivity contribution in [2.45, 2.75) is 6.92 Å². The van der Waals surface area contributed by atoms with Crippen LogP contribution in [0.25, 0.3) is 0 Å². The van der Waals surface area contributed by atoms with Gasteiger partial charge in [-0.1, -0.05) is 0 Å². The number of carbonyl (C=O) groups is 1. The largest absolute Gasteiger partial charge is 0.508 e. The lowest BCUT2D eigenvalue weighted by atomic mass is 9.99. The molecular weight excluding hydrogens is 272 g/mol. The van der Waals surface area contributed by atoms with Gasteiger partial charge in [0, 0.05) is 11.6 Å². The van der Waals surface area contributed by atoms with E-state index >= 15 is 0 Å². The minimum absolute atomic E-state index is 0.0863. The number of phenolic OH excluding ortho intramolecular Hbond substituents is 2. The maximum absolute atomic E-state index is 12.5. The predicted octanol–water partition coefficient (Wildman–Crippen LogP) is 2.65. The Morgan fingerprint density at radius 1 is 1.00 bits per heavy atom. The Labute approximate surface area is 122 Å². The first-order chi connectivity index (χ1) is 9.96. The zero-order valence-corrected chi connectivity index (χ0v) is 12.0. The number of methoxy groups -OCH3 is 2. The van der Waals surface area contributed by atoms with Crippen molar-refractivity contribution < 1.29 is 24.5 Å². The predicted molar refractivity (Wildman–Crippen MR) is 77.5 cm³/mol. The lowest BCUT2D eigenvalue weighted by molar-refractivity contribution is 0.103. The molecule has 0 amide bonds. The van der Waals surface area contributed by atoms with Crippen LogP contribution < -0.4 is 9.47 Å². The van der Waals surface area contributed by atoms with Gasteiger partial charge in [-0.3, -0.25) is 4.79 Å². The molecule has 2 rings (SSSR count). The van der Waals surface area contributed by atoms with E-state index in [2.05, 4.69) is 0 Å². The van der Waals surface area contributed by atoms with Gasteiger partial charge in [0.05, 0.1) is 19.8 Å². The Balaban J connectivity index is 2.54. The first-order valence-electron chi connectivity index (χ1n) is 6.26. The Hall–Kier alpha value is -2.69. The summed E-state index contributed by atoms with van der Waals surface area (Å²) in [6, 6.07) is 7.41. The molecule has 110 valence electrons. The minimum Gasteiger partial charge on any atom is -0.508 e. The molecule has 5 heteroatoms. The molecule has 0 saturated carbocycles. The monoisotopic (exact) mass is 288 g/mol. The third kappa shape index (κ3) is 2.91. The quantitative estimate of drug-likeness (QED) is 0.846. The van der Waals surface area contributed by atoms with Crippen molar-refractivity contribution in [3.63, 3.8) is 0 Å². The summed E-state index contributed by atoms with van der Waals surface area (Å²) in [6.07, 6.45) is 0. The van der Waals surface area contributed by atoms with Crippen molar-refractivity contribution in [1.82, 2.24) is 0 Å². The molecule has 0 spiro atoms. The van der Waals surface area contributed by atoms with Gasteiger partial charge in [0.15, 0.2) is 17.3 Å². The SMILES string of the molecule is COc1cc(O)cc(C(=O)c2cc(C)cc(OC)c2O)c1. The van der Waals surface area contributed by atoms with Crippen LogP contribution in [-0.4, -0.2) is 30.2 Å². The van der Waals surface area contributed by atoms with Gasteiger partial charge in [-0.2, -0.15) is 0 Å². The van der Waals surface area contributed by atoms with Crippen LogP contribution in [0.1, 0.15) is 21.5 Å². The van der Waals surface area contributed by atoms with Gasteiger partial charge >= 0.3 is 0 Å². The van der Waals surface area contributed by atoms with Crippen LogP contribution in [0.15, 0.2) is 30.3 Å². The Morgan fingerprint density at radius 3 is 2.33 bits per heavy atom. The maximum Gasteiger partial charge on any atom is 0.197 e. The van der Waals surface area contributed by atoms with E-state index in [0.29, 0.717) is 5.75 Å². The molecular formula is C16H16O5. The molecule has 0 unspecified atom stereocenters. The molecule has 2 aromatic rings. The van der Waals surface area contributed by atoms with E-state index in [-0.39, 0.29) is 28.4 Å². The molecule has 0 aliphatic heterocycles. The smallest absolute Gasteiger partial charge is 0.197 e. The number of hydrogen-bond donors (Lipinski definition) is 2. The number of aromatic hydroxyl groups is 2. The number of aryl methyl sites for hydroxylation is 1. The molecule has 0 atom stereocenters. The van der Waals surface area contributed by atoms with Crippen LogP contribution in [0.2, 0.25) is 0 Å². The zero-order chi connectivity index (χ0) is 15.6. The van der Waals surface area contributed by atoms with Crippen LogP contribution in [0, 0.1) is 6.92 Å². The number of carbonyl (C=O) groups excluding carboxylic acids is 1. The molecule has 0 aliphatic carbocycles. The fourth-order valence-corrected chi connectivity index (χ4v) is 2.06. The average Bonchev–Trinajstić information content (AvgIpc) is 2.47. The van der Waals surface area contributed by atoms with Gasteiger partial charge in [0.25, 0.3) is 0 Å². The van der Waals surface area contributed by atoms with E-state index in [9.17, 15) is 15.0 Å². The minimum atomic E-state index is -0.427. The van der Waals surface area contributed by atoms with Gasteiger partial charge in [0.2, 0.25) is 0 Å². The lowest BCUT2D eigenvalue weighted by Crippen LogP contribution is -2.04. The van der Waals surface area contributed by atoms with Crippen LogP contribution >= 0.6 is 0 Å². The van der Waals surface area contributed by atoms with Gasteiger partial charge in [-0.05, 0) is 36.8 Å². The number of hydrogen-bond acceptors (Lipinski definition) is 5. The fraction of sp³-hybridized carbons (Fsp3) is 0.188. The third-order valence-electron chi connectivity index (χ3n) is 3.07. The van der Waals surface area contributed by atoms with Gasteiger partial charge in [-0.25, -0.2) is 0 Å². The number of phenols is 2. The average molecular weight is 288 g/mol. The van der Waals surface area contributed by atoms with Crippen molar-refractivity contribution in [2.24, 2.45) is 0 Å². The summed E-state index contributed by atoms with van der Waals surface area (Å²) < 4.78 is 10.1. The highest BCUT2D eigenvalue weighted by Crippen LogP contribution is 2.33. The number of benzene rings is 2. The second kappa shape index (κ2) is 5.75. The second-order valence-electron chi connectivity index (χ2n) is 4.61. The topological polar surface area (TPSA) is 76.0 Å². The van der Waals surface area contributed by atoms with E-state index < -0.39 is 5.78 Å². The molecule has 21 heavy (non-hydrogen) atoms. The van der Waals surface area contributed by atoms with E-state index in [4.69, 9.17) is 9.47 Å². The molecule has 2 aromatic carbocycles. The van der Waals surface area contributed by atoms with Crippen molar-refractivity contribution in [2.75, 3.05) is 14.2 Å². The van der Waals surface area contributed by atoms with Gasteiger partial charge in [0.1, 0.15) is 11.5 Å². The first kappa shape index (κ1) is 14.7. The Kier molecular flexibility index (Phi) is 4.03. The number of ether oxygens (including phenoxy) is 2. The van der Waals surface area contributed by atoms with E-state index in [1.54, 1.807) is 19.1 Å². The summed E-state index contributed by atoms with van der Waals surface area (Å²) >= 11 is 0. The van der Waals surface area contributed by atoms with E-state index in [0.717, 1.165) is 5.56 Å². The van der Waals surface area contributed by atoms with Crippen LogP contribution in [0.5, 0.6) is 23.0 Å². The molecule has 2 N–H and O–H groups in total. The molecule has 0 fully saturated rings. The van der Waals surface area contributed by atoms with Crippen LogP contribution in [0.4, 0.5) is 0 Å². The summed E-state index contributed by atoms with van der Waals surface area (Å²) in [6.45, 7) is 1.79. The number of ketones is 1. The van der Waals surface area contributed by atoms with Crippen molar-refractivity contribution in [3.8, 4) is 23.0 Å². The van der Waals surface area contributed by atoms with Crippen molar-refractivity contribution in [3.05, 3.63) is 47.0 Å². The van der Waals surface area contributed by atoms with Crippen LogP contribution in [0.3, 0.4) is 0 Å². The summed E-state index contributed by atoms with van der Waals surface area (Å²) in [4.78, 5) is 12.5. The highest BCUT2D eigenvalue weighted by Gasteiger charge is 2.19. The second-order valence-corrected chi connectivity index (χ2v) is 4.61. The zero-order valence-electron chi connectivity index (χ0n) is 12.0. The molecule has 0 heterocycles. The third-order valence-corrected chi connectivity index (χ3v) is 3.07. The first-order valence-corrected chi connectivity index (χ1v) is 6.26. The Bertz CT molecular complexity index is 691.